The Morgan fingerprint density at radius 1 is 1.11 bits per heavy atom. The maximum absolute atomic E-state index is 13.7. The van der Waals surface area contributed by atoms with E-state index in [-0.39, 0.29) is 5.75 Å². The van der Waals surface area contributed by atoms with Crippen LogP contribution < -0.4 is 25.4 Å². The number of nitrogens with zero attached hydrogens (tertiary/aromatic N) is 2. The van der Waals surface area contributed by atoms with Gasteiger partial charge in [0.1, 0.15) is 24.1 Å². The molecule has 0 aromatic heterocycles. The minimum absolute atomic E-state index is 0.0421. The van der Waals surface area contributed by atoms with E-state index in [4.69, 9.17) is 4.74 Å². The van der Waals surface area contributed by atoms with Gasteiger partial charge in [0.05, 0.1) is 6.17 Å². The standard InChI is InChI=1S/C25H28F3N5O5/c1-24(13-15-8-5-4-6-9-15)19-20(35)33(14-18(34)29-2)22(36)31-21(24)32(3)23(30-19)37-16-10-7-11-17(12-16)38-25(26,27)28/h4-12,19,21,23,30H,13-14H2,1-3H3,(H,29,34)(H,31,36). The topological polar surface area (TPSA) is 112 Å². The zero-order chi connectivity index (χ0) is 27.7. The predicted octanol–water partition coefficient (Wildman–Crippen LogP) is 2.02. The van der Waals surface area contributed by atoms with E-state index in [1.807, 2.05) is 37.3 Å². The number of nitrogens with one attached hydrogen (secondary N) is 3. The number of ether oxygens (including phenoxy) is 2. The fourth-order valence-corrected chi connectivity index (χ4v) is 4.88. The molecule has 204 valence electrons. The van der Waals surface area contributed by atoms with Gasteiger partial charge < -0.3 is 20.1 Å². The highest BCUT2D eigenvalue weighted by Gasteiger charge is 2.57. The van der Waals surface area contributed by atoms with Gasteiger partial charge >= 0.3 is 12.4 Å². The largest absolute Gasteiger partial charge is 0.573 e. The lowest BCUT2D eigenvalue weighted by Gasteiger charge is -2.52. The molecule has 3 N–H and O–H groups in total. The van der Waals surface area contributed by atoms with Gasteiger partial charge in [0.15, 0.2) is 0 Å². The average molecular weight is 536 g/mol. The first-order valence-electron chi connectivity index (χ1n) is 11.8. The van der Waals surface area contributed by atoms with Gasteiger partial charge in [-0.15, -0.1) is 13.2 Å². The maximum Gasteiger partial charge on any atom is 0.573 e. The third-order valence-electron chi connectivity index (χ3n) is 6.68. The molecule has 10 nitrogen and oxygen atoms in total. The van der Waals surface area contributed by atoms with Crippen LogP contribution in [0.1, 0.15) is 12.5 Å². The molecule has 4 rings (SSSR count). The highest BCUT2D eigenvalue weighted by Crippen LogP contribution is 2.39. The molecule has 2 bridgehead atoms. The van der Waals surface area contributed by atoms with Crippen LogP contribution in [-0.2, 0) is 16.0 Å². The number of amides is 4. The first kappa shape index (κ1) is 27.2. The van der Waals surface area contributed by atoms with E-state index in [0.29, 0.717) is 6.42 Å². The molecule has 2 fully saturated rings. The minimum Gasteiger partial charge on any atom is -0.462 e. The molecule has 4 atom stereocenters. The van der Waals surface area contributed by atoms with Crippen molar-refractivity contribution in [3.05, 3.63) is 60.2 Å². The summed E-state index contributed by atoms with van der Waals surface area (Å²) in [6, 6.07) is 12.6. The van der Waals surface area contributed by atoms with Crippen molar-refractivity contribution in [2.45, 2.75) is 38.3 Å². The highest BCUT2D eigenvalue weighted by atomic mass is 19.4. The van der Waals surface area contributed by atoms with Crippen LogP contribution in [-0.4, -0.2) is 73.2 Å². The number of fused-ring (bicyclic) bond motifs is 2. The van der Waals surface area contributed by atoms with Crippen molar-refractivity contribution in [3.8, 4) is 11.5 Å². The van der Waals surface area contributed by atoms with Crippen LogP contribution in [0.5, 0.6) is 11.5 Å². The van der Waals surface area contributed by atoms with E-state index >= 15 is 0 Å². The van der Waals surface area contributed by atoms with Crippen molar-refractivity contribution >= 4 is 17.8 Å². The molecule has 13 heteroatoms. The van der Waals surface area contributed by atoms with Gasteiger partial charge in [-0.05, 0) is 31.2 Å². The number of alkyl halides is 3. The van der Waals surface area contributed by atoms with Gasteiger partial charge in [0.25, 0.3) is 0 Å². The normalized spacial score (nSPS) is 25.8. The number of carbonyl (C=O) groups is 3. The molecule has 0 spiro atoms. The molecule has 2 heterocycles. The Kier molecular flexibility index (Phi) is 7.51. The second-order valence-corrected chi connectivity index (χ2v) is 9.38. The number of likely N-dealkylation sites (N-methyl/N-ethyl adjacent to an activating group) is 1. The molecule has 4 amide bonds. The van der Waals surface area contributed by atoms with Crippen molar-refractivity contribution in [2.24, 2.45) is 5.41 Å². The number of carbonyl (C=O) groups excluding carboxylic acids is 3. The number of hydrogen-bond donors (Lipinski definition) is 3. The number of benzene rings is 2. The maximum atomic E-state index is 13.7. The quantitative estimate of drug-likeness (QED) is 0.498. The van der Waals surface area contributed by atoms with Crippen LogP contribution in [0.3, 0.4) is 0 Å². The van der Waals surface area contributed by atoms with Gasteiger partial charge in [-0.1, -0.05) is 43.3 Å². The van der Waals surface area contributed by atoms with Crippen molar-refractivity contribution in [2.75, 3.05) is 20.6 Å². The second kappa shape index (κ2) is 10.5. The predicted molar refractivity (Wildman–Crippen MR) is 129 cm³/mol. The lowest BCUT2D eigenvalue weighted by molar-refractivity contribution is -0.274. The van der Waals surface area contributed by atoms with E-state index < -0.39 is 60.5 Å². The summed E-state index contributed by atoms with van der Waals surface area (Å²) in [5.41, 5.74) is -0.000130. The van der Waals surface area contributed by atoms with Crippen molar-refractivity contribution < 1.29 is 37.0 Å². The first-order valence-corrected chi connectivity index (χ1v) is 11.8. The number of hydrogen-bond acceptors (Lipinski definition) is 7. The van der Waals surface area contributed by atoms with E-state index in [1.165, 1.54) is 19.2 Å². The van der Waals surface area contributed by atoms with Crippen LogP contribution in [0.2, 0.25) is 0 Å². The lowest BCUT2D eigenvalue weighted by Crippen LogP contribution is -2.74. The minimum atomic E-state index is -4.88. The molecule has 38 heavy (non-hydrogen) atoms. The smallest absolute Gasteiger partial charge is 0.462 e. The number of halogens is 3. The highest BCUT2D eigenvalue weighted by molar-refractivity contribution is 6.02. The van der Waals surface area contributed by atoms with Gasteiger partial charge in [-0.3, -0.25) is 19.8 Å². The average Bonchev–Trinajstić information content (AvgIpc) is 2.89. The van der Waals surface area contributed by atoms with Crippen LogP contribution in [0, 0.1) is 5.41 Å². The van der Waals surface area contributed by atoms with E-state index in [2.05, 4.69) is 20.7 Å². The van der Waals surface area contributed by atoms with Gasteiger partial charge in [0, 0.05) is 18.5 Å². The molecule has 2 aromatic rings. The molecule has 2 saturated heterocycles. The van der Waals surface area contributed by atoms with Crippen LogP contribution in [0.25, 0.3) is 0 Å². The monoisotopic (exact) mass is 535 g/mol. The molecular weight excluding hydrogens is 507 g/mol. The fraction of sp³-hybridized carbons (Fsp3) is 0.400. The fourth-order valence-electron chi connectivity index (χ4n) is 4.88. The van der Waals surface area contributed by atoms with Crippen LogP contribution >= 0.6 is 0 Å². The Labute approximate surface area is 217 Å². The summed E-state index contributed by atoms with van der Waals surface area (Å²) in [5, 5.41) is 8.38. The van der Waals surface area contributed by atoms with Crippen molar-refractivity contribution in [1.29, 1.82) is 0 Å². The SMILES string of the molecule is CNC(=O)CN1C(=O)NC2N(C)C(Oc3cccc(OC(F)(F)F)c3)NC(C1=O)C2(C)Cc1ccccc1. The van der Waals surface area contributed by atoms with E-state index in [9.17, 15) is 27.6 Å². The Morgan fingerprint density at radius 3 is 2.45 bits per heavy atom. The molecular formula is C25H28F3N5O5. The Morgan fingerprint density at radius 2 is 1.79 bits per heavy atom. The van der Waals surface area contributed by atoms with Crippen molar-refractivity contribution in [1.82, 2.24) is 25.8 Å². The third kappa shape index (κ3) is 5.68. The van der Waals surface area contributed by atoms with Gasteiger partial charge in [-0.2, -0.15) is 0 Å². The molecule has 2 aliphatic rings. The van der Waals surface area contributed by atoms with Crippen LogP contribution in [0.15, 0.2) is 54.6 Å². The second-order valence-electron chi connectivity index (χ2n) is 9.38. The molecule has 0 saturated carbocycles. The Hall–Kier alpha value is -3.84. The lowest BCUT2D eigenvalue weighted by atomic mass is 9.72. The summed E-state index contributed by atoms with van der Waals surface area (Å²) in [5.74, 6) is -1.60. The molecule has 4 unspecified atom stereocenters. The Balaban J connectivity index is 1.68. The zero-order valence-corrected chi connectivity index (χ0v) is 20.9. The molecule has 0 aliphatic carbocycles. The number of rotatable bonds is 7. The van der Waals surface area contributed by atoms with Crippen molar-refractivity contribution in [3.63, 3.8) is 0 Å². The summed E-state index contributed by atoms with van der Waals surface area (Å²) in [6.07, 6.45) is -6.29. The number of imide groups is 1. The van der Waals surface area contributed by atoms with Gasteiger partial charge in [0.2, 0.25) is 18.2 Å². The first-order chi connectivity index (χ1) is 17.9. The summed E-state index contributed by atoms with van der Waals surface area (Å²) in [7, 11) is 3.05. The summed E-state index contributed by atoms with van der Waals surface area (Å²) < 4.78 is 48.0. The molecule has 2 aromatic carbocycles. The zero-order valence-electron chi connectivity index (χ0n) is 20.9. The molecule has 0 radical (unpaired) electrons. The summed E-state index contributed by atoms with van der Waals surface area (Å²) >= 11 is 0. The van der Waals surface area contributed by atoms with E-state index in [0.717, 1.165) is 22.6 Å². The third-order valence-corrected chi connectivity index (χ3v) is 6.68. The van der Waals surface area contributed by atoms with Crippen LogP contribution in [0.4, 0.5) is 18.0 Å². The van der Waals surface area contributed by atoms with E-state index in [1.54, 1.807) is 11.9 Å². The molecule has 2 aliphatic heterocycles. The number of urea groups is 1. The van der Waals surface area contributed by atoms with Gasteiger partial charge in [-0.25, -0.2) is 9.69 Å². The Bertz CT molecular complexity index is 1200. The summed E-state index contributed by atoms with van der Waals surface area (Å²) in [4.78, 5) is 41.5. The summed E-state index contributed by atoms with van der Waals surface area (Å²) in [6.45, 7) is 1.36.